The number of hydrogen-bond donors (Lipinski definition) is 0. The molecule has 0 unspecified atom stereocenters. The first-order valence-electron chi connectivity index (χ1n) is 15.9. The van der Waals surface area contributed by atoms with Gasteiger partial charge in [0.1, 0.15) is 17.6 Å². The van der Waals surface area contributed by atoms with E-state index in [2.05, 4.69) is 106 Å². The predicted molar refractivity (Wildman–Crippen MR) is 182 cm³/mol. The molecule has 5 atom stereocenters. The maximum atomic E-state index is 6.91. The van der Waals surface area contributed by atoms with E-state index in [-0.39, 0.29) is 17.5 Å². The summed E-state index contributed by atoms with van der Waals surface area (Å²) in [6.07, 6.45) is 1.67. The van der Waals surface area contributed by atoms with Crippen LogP contribution in [-0.4, -0.2) is 31.2 Å². The molecular formula is C39H46O4S. The molecule has 1 aliphatic rings. The second kappa shape index (κ2) is 15.7. The van der Waals surface area contributed by atoms with Crippen LogP contribution >= 0.6 is 11.8 Å². The van der Waals surface area contributed by atoms with Crippen LogP contribution in [0.4, 0.5) is 0 Å². The Hall–Kier alpha value is -3.25. The molecule has 5 heteroatoms. The Balaban J connectivity index is 1.50. The first kappa shape index (κ1) is 32.2. The Kier molecular flexibility index (Phi) is 11.4. The van der Waals surface area contributed by atoms with Crippen molar-refractivity contribution >= 4 is 11.8 Å². The first-order valence-corrected chi connectivity index (χ1v) is 16.8. The number of benzene rings is 4. The number of hydrogen-bond acceptors (Lipinski definition) is 5. The average Bonchev–Trinajstić information content (AvgIpc) is 3.06. The summed E-state index contributed by atoms with van der Waals surface area (Å²) < 4.78 is 25.5. The number of rotatable bonds is 13. The summed E-state index contributed by atoms with van der Waals surface area (Å²) in [5.41, 5.74) is 7.29. The van der Waals surface area contributed by atoms with Gasteiger partial charge in [0, 0.05) is 10.8 Å². The maximum Gasteiger partial charge on any atom is 0.123 e. The molecule has 5 rings (SSSR count). The standard InChI is InChI=1S/C39H46O4S/c1-6-36-28(4)37(42-25-30-14-10-8-11-15-30)38(43-26-31-16-12-9-13-17-31)39(44-36)34-24-32(27(3)22-35(34)40-5)23-29-18-20-33(21-19-29)41-7-2/h8-22,24,28,36-39H,6-7,23,25-26H2,1-5H3/t28-,36-,37+,38-,39+/m1/s1. The predicted octanol–water partition coefficient (Wildman–Crippen LogP) is 9.37. The summed E-state index contributed by atoms with van der Waals surface area (Å²) in [7, 11) is 1.78. The third kappa shape index (κ3) is 7.87. The van der Waals surface area contributed by atoms with E-state index in [0.29, 0.717) is 31.0 Å². The summed E-state index contributed by atoms with van der Waals surface area (Å²) in [4.78, 5) is 0. The number of aryl methyl sites for hydroxylation is 1. The van der Waals surface area contributed by atoms with Crippen LogP contribution in [0.1, 0.15) is 65.8 Å². The average molecular weight is 611 g/mol. The van der Waals surface area contributed by atoms with Gasteiger partial charge in [-0.1, -0.05) is 92.7 Å². The molecule has 0 aromatic heterocycles. The van der Waals surface area contributed by atoms with E-state index in [0.717, 1.165) is 29.9 Å². The van der Waals surface area contributed by atoms with Crippen LogP contribution in [0.5, 0.6) is 11.5 Å². The van der Waals surface area contributed by atoms with Crippen molar-refractivity contribution in [3.05, 3.63) is 130 Å². The Morgan fingerprint density at radius 1 is 0.727 bits per heavy atom. The normalized spacial score (nSPS) is 21.6. The van der Waals surface area contributed by atoms with Crippen LogP contribution in [0.2, 0.25) is 0 Å². The molecule has 0 spiro atoms. The lowest BCUT2D eigenvalue weighted by molar-refractivity contribution is -0.112. The van der Waals surface area contributed by atoms with Gasteiger partial charge < -0.3 is 18.9 Å². The highest BCUT2D eigenvalue weighted by Crippen LogP contribution is 2.51. The molecule has 0 amide bonds. The summed E-state index contributed by atoms with van der Waals surface area (Å²) in [5, 5.41) is 0.480. The molecule has 4 aromatic rings. The Bertz CT molecular complexity index is 1440. The van der Waals surface area contributed by atoms with Gasteiger partial charge in [0.05, 0.1) is 38.3 Å². The van der Waals surface area contributed by atoms with E-state index in [1.54, 1.807) is 7.11 Å². The minimum absolute atomic E-state index is 0.0512. The fourth-order valence-corrected chi connectivity index (χ4v) is 7.87. The molecule has 0 N–H and O–H groups in total. The third-order valence-corrected chi connectivity index (χ3v) is 10.6. The lowest BCUT2D eigenvalue weighted by atomic mass is 9.88. The first-order chi connectivity index (χ1) is 21.5. The molecule has 4 aromatic carbocycles. The highest BCUT2D eigenvalue weighted by atomic mass is 32.2. The van der Waals surface area contributed by atoms with Crippen molar-refractivity contribution in [2.24, 2.45) is 5.92 Å². The zero-order valence-corrected chi connectivity index (χ0v) is 27.5. The highest BCUT2D eigenvalue weighted by molar-refractivity contribution is 8.00. The molecule has 4 nitrogen and oxygen atoms in total. The molecule has 0 radical (unpaired) electrons. The summed E-state index contributed by atoms with van der Waals surface area (Å²) in [6, 6.07) is 33.9. The van der Waals surface area contributed by atoms with Gasteiger partial charge in [0.2, 0.25) is 0 Å². The van der Waals surface area contributed by atoms with Crippen LogP contribution in [0.25, 0.3) is 0 Å². The van der Waals surface area contributed by atoms with Crippen LogP contribution < -0.4 is 9.47 Å². The van der Waals surface area contributed by atoms with Gasteiger partial charge in [0.25, 0.3) is 0 Å². The SMILES string of the molecule is CCOc1ccc(Cc2cc([C@@H]3S[C@H](CC)[C@@H](C)[C@H](OCc4ccccc4)[C@H]3OCc3ccccc3)c(OC)cc2C)cc1. The number of thioether (sulfide) groups is 1. The molecule has 1 fully saturated rings. The monoisotopic (exact) mass is 610 g/mol. The lowest BCUT2D eigenvalue weighted by Crippen LogP contribution is -2.48. The molecular weight excluding hydrogens is 564 g/mol. The smallest absolute Gasteiger partial charge is 0.123 e. The second-order valence-electron chi connectivity index (χ2n) is 11.7. The Labute approximate surface area is 268 Å². The van der Waals surface area contributed by atoms with Gasteiger partial charge in [0.15, 0.2) is 0 Å². The zero-order chi connectivity index (χ0) is 30.9. The fourth-order valence-electron chi connectivity index (χ4n) is 6.18. The van der Waals surface area contributed by atoms with Crippen LogP contribution in [-0.2, 0) is 29.1 Å². The summed E-state index contributed by atoms with van der Waals surface area (Å²) in [5.74, 6) is 2.14. The molecule has 44 heavy (non-hydrogen) atoms. The van der Waals surface area contributed by atoms with E-state index in [1.807, 2.05) is 30.8 Å². The topological polar surface area (TPSA) is 36.9 Å². The summed E-state index contributed by atoms with van der Waals surface area (Å²) in [6.45, 7) is 10.6. The van der Waals surface area contributed by atoms with Crippen molar-refractivity contribution in [2.75, 3.05) is 13.7 Å². The molecule has 232 valence electrons. The summed E-state index contributed by atoms with van der Waals surface area (Å²) >= 11 is 2.02. The minimum Gasteiger partial charge on any atom is -0.496 e. The van der Waals surface area contributed by atoms with Crippen molar-refractivity contribution < 1.29 is 18.9 Å². The van der Waals surface area contributed by atoms with Crippen molar-refractivity contribution in [1.29, 1.82) is 0 Å². The van der Waals surface area contributed by atoms with Crippen molar-refractivity contribution in [2.45, 2.75) is 76.5 Å². The number of methoxy groups -OCH3 is 1. The Morgan fingerprint density at radius 3 is 1.91 bits per heavy atom. The molecule has 1 aliphatic heterocycles. The maximum absolute atomic E-state index is 6.91. The van der Waals surface area contributed by atoms with E-state index in [1.165, 1.54) is 27.8 Å². The van der Waals surface area contributed by atoms with Gasteiger partial charge in [-0.25, -0.2) is 0 Å². The Morgan fingerprint density at radius 2 is 1.34 bits per heavy atom. The molecule has 1 heterocycles. The second-order valence-corrected chi connectivity index (χ2v) is 13.0. The van der Waals surface area contributed by atoms with E-state index < -0.39 is 0 Å². The highest BCUT2D eigenvalue weighted by Gasteiger charge is 2.46. The minimum atomic E-state index is -0.156. The lowest BCUT2D eigenvalue weighted by Gasteiger charge is -2.45. The van der Waals surface area contributed by atoms with Crippen LogP contribution in [0.15, 0.2) is 97.1 Å². The third-order valence-electron chi connectivity index (χ3n) is 8.64. The van der Waals surface area contributed by atoms with E-state index in [9.17, 15) is 0 Å². The van der Waals surface area contributed by atoms with Gasteiger partial charge in [-0.05, 0) is 78.6 Å². The van der Waals surface area contributed by atoms with Gasteiger partial charge in [-0.3, -0.25) is 0 Å². The van der Waals surface area contributed by atoms with Gasteiger partial charge in [-0.2, -0.15) is 0 Å². The fraction of sp³-hybridized carbons (Fsp3) is 0.385. The zero-order valence-electron chi connectivity index (χ0n) is 26.7. The molecule has 0 saturated carbocycles. The molecule has 1 saturated heterocycles. The van der Waals surface area contributed by atoms with Crippen molar-refractivity contribution in [3.8, 4) is 11.5 Å². The van der Waals surface area contributed by atoms with Crippen LogP contribution in [0, 0.1) is 12.8 Å². The van der Waals surface area contributed by atoms with E-state index in [4.69, 9.17) is 18.9 Å². The molecule has 0 bridgehead atoms. The number of ether oxygens (including phenoxy) is 4. The largest absolute Gasteiger partial charge is 0.496 e. The van der Waals surface area contributed by atoms with Crippen molar-refractivity contribution in [3.63, 3.8) is 0 Å². The van der Waals surface area contributed by atoms with E-state index >= 15 is 0 Å². The van der Waals surface area contributed by atoms with Gasteiger partial charge >= 0.3 is 0 Å². The van der Waals surface area contributed by atoms with Crippen LogP contribution in [0.3, 0.4) is 0 Å². The van der Waals surface area contributed by atoms with Crippen molar-refractivity contribution in [1.82, 2.24) is 0 Å². The quantitative estimate of drug-likeness (QED) is 0.151. The molecule has 0 aliphatic carbocycles. The van der Waals surface area contributed by atoms with Gasteiger partial charge in [-0.15, -0.1) is 11.8 Å².